The van der Waals surface area contributed by atoms with Crippen LogP contribution in [-0.2, 0) is 9.53 Å². The molecular formula is C17H21N5O4S2. The summed E-state index contributed by atoms with van der Waals surface area (Å²) in [5, 5.41) is 3.27. The van der Waals surface area contributed by atoms with E-state index in [-0.39, 0.29) is 12.5 Å². The molecule has 1 saturated heterocycles. The van der Waals surface area contributed by atoms with Crippen LogP contribution in [0, 0.1) is 13.8 Å². The molecule has 0 atom stereocenters. The molecule has 3 rings (SSSR count). The highest BCUT2D eigenvalue weighted by atomic mass is 32.1. The summed E-state index contributed by atoms with van der Waals surface area (Å²) >= 11 is 2.62. The number of thiazole rings is 1. The van der Waals surface area contributed by atoms with Crippen molar-refractivity contribution in [1.29, 1.82) is 0 Å². The minimum absolute atomic E-state index is 0.239. The van der Waals surface area contributed by atoms with Gasteiger partial charge in [0.2, 0.25) is 0 Å². The molecule has 0 saturated carbocycles. The van der Waals surface area contributed by atoms with Crippen LogP contribution in [0.25, 0.3) is 0 Å². The average molecular weight is 424 g/mol. The Balaban J connectivity index is 1.47. The highest BCUT2D eigenvalue weighted by molar-refractivity contribution is 7.17. The quantitative estimate of drug-likeness (QED) is 0.615. The SMILES string of the molecule is Cc1ccc(C(=O)NCC(=O)NNC(=O)c2sc(N3CCOCC3)nc2C)s1. The van der Waals surface area contributed by atoms with Gasteiger partial charge in [0, 0.05) is 18.0 Å². The summed E-state index contributed by atoms with van der Waals surface area (Å²) < 4.78 is 5.32. The van der Waals surface area contributed by atoms with Gasteiger partial charge >= 0.3 is 0 Å². The van der Waals surface area contributed by atoms with E-state index in [2.05, 4.69) is 26.1 Å². The van der Waals surface area contributed by atoms with E-state index < -0.39 is 11.8 Å². The number of thiophene rings is 1. The number of hydrogen-bond donors (Lipinski definition) is 3. The molecule has 9 nitrogen and oxygen atoms in total. The van der Waals surface area contributed by atoms with E-state index in [9.17, 15) is 14.4 Å². The van der Waals surface area contributed by atoms with Crippen LogP contribution in [0.3, 0.4) is 0 Å². The second-order valence-electron chi connectivity index (χ2n) is 6.11. The monoisotopic (exact) mass is 423 g/mol. The Morgan fingerprint density at radius 1 is 1.11 bits per heavy atom. The van der Waals surface area contributed by atoms with Crippen LogP contribution in [0.4, 0.5) is 5.13 Å². The second-order valence-corrected chi connectivity index (χ2v) is 8.37. The maximum Gasteiger partial charge on any atom is 0.281 e. The molecule has 0 unspecified atom stereocenters. The van der Waals surface area contributed by atoms with Crippen molar-refractivity contribution in [2.45, 2.75) is 13.8 Å². The number of aromatic nitrogens is 1. The van der Waals surface area contributed by atoms with Crippen LogP contribution >= 0.6 is 22.7 Å². The topological polar surface area (TPSA) is 113 Å². The lowest BCUT2D eigenvalue weighted by Gasteiger charge is -2.25. The Labute approximate surface area is 170 Å². The van der Waals surface area contributed by atoms with Crippen LogP contribution in [0.15, 0.2) is 12.1 Å². The molecular weight excluding hydrogens is 402 g/mol. The third-order valence-corrected chi connectivity index (χ3v) is 6.18. The van der Waals surface area contributed by atoms with Crippen molar-refractivity contribution in [1.82, 2.24) is 21.2 Å². The van der Waals surface area contributed by atoms with Crippen LogP contribution in [0.1, 0.15) is 29.9 Å². The standard InChI is InChI=1S/C17H21N5O4S2/c1-10-3-4-12(27-10)15(24)18-9-13(23)20-21-16(25)14-11(2)19-17(28-14)22-5-7-26-8-6-22/h3-4H,5-9H2,1-2H3,(H,18,24)(H,20,23)(H,21,25). The van der Waals surface area contributed by atoms with Gasteiger partial charge in [0.15, 0.2) is 5.13 Å². The average Bonchev–Trinajstić information content (AvgIpc) is 3.30. The zero-order valence-corrected chi connectivity index (χ0v) is 17.2. The molecule has 0 aromatic carbocycles. The summed E-state index contributed by atoms with van der Waals surface area (Å²) in [6, 6.07) is 3.54. The van der Waals surface area contributed by atoms with Crippen molar-refractivity contribution in [2.75, 3.05) is 37.7 Å². The molecule has 1 aliphatic heterocycles. The summed E-state index contributed by atoms with van der Waals surface area (Å²) in [4.78, 5) is 44.6. The number of amides is 3. The van der Waals surface area contributed by atoms with Gasteiger partial charge in [0.1, 0.15) is 4.88 Å². The highest BCUT2D eigenvalue weighted by Gasteiger charge is 2.21. The normalized spacial score (nSPS) is 13.9. The zero-order chi connectivity index (χ0) is 20.1. The first kappa shape index (κ1) is 20.2. The molecule has 2 aromatic rings. The predicted molar refractivity (Wildman–Crippen MR) is 107 cm³/mol. The van der Waals surface area contributed by atoms with E-state index in [1.54, 1.807) is 13.0 Å². The first-order valence-electron chi connectivity index (χ1n) is 8.68. The van der Waals surface area contributed by atoms with Crippen molar-refractivity contribution in [3.8, 4) is 0 Å². The lowest BCUT2D eigenvalue weighted by Crippen LogP contribution is -2.46. The van der Waals surface area contributed by atoms with Crippen molar-refractivity contribution in [2.24, 2.45) is 0 Å². The molecule has 0 aliphatic carbocycles. The number of nitrogens with zero attached hydrogens (tertiary/aromatic N) is 2. The fourth-order valence-electron chi connectivity index (χ4n) is 2.51. The Morgan fingerprint density at radius 3 is 2.54 bits per heavy atom. The van der Waals surface area contributed by atoms with E-state index in [0.29, 0.717) is 28.7 Å². The van der Waals surface area contributed by atoms with Gasteiger partial charge in [-0.3, -0.25) is 25.2 Å². The van der Waals surface area contributed by atoms with Gasteiger partial charge in [-0.25, -0.2) is 4.98 Å². The molecule has 11 heteroatoms. The smallest absolute Gasteiger partial charge is 0.281 e. The molecule has 0 spiro atoms. The molecule has 1 fully saturated rings. The van der Waals surface area contributed by atoms with Gasteiger partial charge < -0.3 is 15.0 Å². The molecule has 0 bridgehead atoms. The molecule has 150 valence electrons. The number of carbonyl (C=O) groups is 3. The van der Waals surface area contributed by atoms with Crippen molar-refractivity contribution in [3.63, 3.8) is 0 Å². The summed E-state index contributed by atoms with van der Waals surface area (Å²) in [5.41, 5.74) is 5.26. The maximum atomic E-state index is 12.3. The minimum atomic E-state index is -0.523. The lowest BCUT2D eigenvalue weighted by molar-refractivity contribution is -0.120. The van der Waals surface area contributed by atoms with Gasteiger partial charge in [0.05, 0.1) is 30.3 Å². The number of nitrogens with one attached hydrogen (secondary N) is 3. The van der Waals surface area contributed by atoms with E-state index in [4.69, 9.17) is 4.74 Å². The summed E-state index contributed by atoms with van der Waals surface area (Å²) in [6.45, 7) is 6.13. The fourth-order valence-corrected chi connectivity index (χ4v) is 4.31. The second kappa shape index (κ2) is 9.13. The zero-order valence-electron chi connectivity index (χ0n) is 15.5. The Hall–Kier alpha value is -2.50. The van der Waals surface area contributed by atoms with Gasteiger partial charge in [-0.15, -0.1) is 11.3 Å². The number of morpholine rings is 1. The number of carbonyl (C=O) groups excluding carboxylic acids is 3. The van der Waals surface area contributed by atoms with Gasteiger partial charge in [0.25, 0.3) is 17.7 Å². The molecule has 1 aliphatic rings. The minimum Gasteiger partial charge on any atom is -0.378 e. The number of aryl methyl sites for hydroxylation is 2. The van der Waals surface area contributed by atoms with Crippen LogP contribution in [-0.4, -0.2) is 55.6 Å². The van der Waals surface area contributed by atoms with Gasteiger partial charge in [-0.2, -0.15) is 0 Å². The first-order chi connectivity index (χ1) is 13.4. The van der Waals surface area contributed by atoms with E-state index in [0.717, 1.165) is 23.1 Å². The van der Waals surface area contributed by atoms with Crippen molar-refractivity contribution < 1.29 is 19.1 Å². The number of hydrogen-bond acceptors (Lipinski definition) is 8. The number of rotatable bonds is 5. The van der Waals surface area contributed by atoms with Crippen molar-refractivity contribution in [3.05, 3.63) is 32.5 Å². The predicted octanol–water partition coefficient (Wildman–Crippen LogP) is 0.849. The Morgan fingerprint density at radius 2 is 1.86 bits per heavy atom. The number of hydrazine groups is 1. The largest absolute Gasteiger partial charge is 0.378 e. The highest BCUT2D eigenvalue weighted by Crippen LogP contribution is 2.26. The summed E-state index contributed by atoms with van der Waals surface area (Å²) in [6.07, 6.45) is 0. The first-order valence-corrected chi connectivity index (χ1v) is 10.3. The Bertz CT molecular complexity index is 873. The summed E-state index contributed by atoms with van der Waals surface area (Å²) in [5.74, 6) is -1.29. The van der Waals surface area contributed by atoms with E-state index in [1.165, 1.54) is 22.7 Å². The van der Waals surface area contributed by atoms with E-state index in [1.807, 2.05) is 13.0 Å². The Kier molecular flexibility index (Phi) is 6.60. The fraction of sp³-hybridized carbons (Fsp3) is 0.412. The number of ether oxygens (including phenoxy) is 1. The van der Waals surface area contributed by atoms with Gasteiger partial charge in [-0.1, -0.05) is 11.3 Å². The molecule has 3 amide bonds. The lowest BCUT2D eigenvalue weighted by atomic mass is 10.4. The molecule has 2 aromatic heterocycles. The third kappa shape index (κ3) is 5.06. The van der Waals surface area contributed by atoms with Crippen molar-refractivity contribution >= 4 is 45.5 Å². The molecule has 3 N–H and O–H groups in total. The van der Waals surface area contributed by atoms with E-state index >= 15 is 0 Å². The molecule has 0 radical (unpaired) electrons. The maximum absolute atomic E-state index is 12.3. The van der Waals surface area contributed by atoms with Gasteiger partial charge in [-0.05, 0) is 26.0 Å². The van der Waals surface area contributed by atoms with Crippen LogP contribution < -0.4 is 21.1 Å². The number of anilines is 1. The molecule has 3 heterocycles. The third-order valence-electron chi connectivity index (χ3n) is 3.96. The van der Waals surface area contributed by atoms with Crippen LogP contribution in [0.2, 0.25) is 0 Å². The summed E-state index contributed by atoms with van der Waals surface area (Å²) in [7, 11) is 0. The molecule has 28 heavy (non-hydrogen) atoms. The van der Waals surface area contributed by atoms with Crippen LogP contribution in [0.5, 0.6) is 0 Å².